The SMILES string of the molecule is CC(C)Oc1ccc(NC(=O)c2ccnc(F)c2)cc1. The van der Waals surface area contributed by atoms with Crippen LogP contribution in [0.15, 0.2) is 42.6 Å². The fourth-order valence-corrected chi connectivity index (χ4v) is 1.64. The molecule has 0 atom stereocenters. The summed E-state index contributed by atoms with van der Waals surface area (Å²) in [6.45, 7) is 3.88. The quantitative estimate of drug-likeness (QED) is 0.871. The van der Waals surface area contributed by atoms with Crippen molar-refractivity contribution in [1.29, 1.82) is 0 Å². The van der Waals surface area contributed by atoms with E-state index in [1.165, 1.54) is 12.3 Å². The highest BCUT2D eigenvalue weighted by Crippen LogP contribution is 2.17. The van der Waals surface area contributed by atoms with Gasteiger partial charge in [-0.1, -0.05) is 0 Å². The van der Waals surface area contributed by atoms with Gasteiger partial charge >= 0.3 is 0 Å². The fourth-order valence-electron chi connectivity index (χ4n) is 1.64. The molecule has 1 aromatic carbocycles. The fraction of sp³-hybridized carbons (Fsp3) is 0.200. The van der Waals surface area contributed by atoms with Crippen molar-refractivity contribution >= 4 is 11.6 Å². The standard InChI is InChI=1S/C15H15FN2O2/c1-10(2)20-13-5-3-12(4-6-13)18-15(19)11-7-8-17-14(16)9-11/h3-10H,1-2H3,(H,18,19). The highest BCUT2D eigenvalue weighted by molar-refractivity contribution is 6.04. The van der Waals surface area contributed by atoms with Gasteiger partial charge in [0.05, 0.1) is 6.10 Å². The first-order chi connectivity index (χ1) is 9.54. The second kappa shape index (κ2) is 6.14. The van der Waals surface area contributed by atoms with E-state index < -0.39 is 5.95 Å². The van der Waals surface area contributed by atoms with Gasteiger partial charge in [0.15, 0.2) is 0 Å². The van der Waals surface area contributed by atoms with E-state index >= 15 is 0 Å². The first-order valence-corrected chi connectivity index (χ1v) is 6.24. The number of hydrogen-bond donors (Lipinski definition) is 1. The Labute approximate surface area is 116 Å². The summed E-state index contributed by atoms with van der Waals surface area (Å²) >= 11 is 0. The van der Waals surface area contributed by atoms with Crippen molar-refractivity contribution in [2.45, 2.75) is 20.0 Å². The Hall–Kier alpha value is -2.43. The number of ether oxygens (including phenoxy) is 1. The van der Waals surface area contributed by atoms with Crippen LogP contribution in [0, 0.1) is 5.95 Å². The Morgan fingerprint density at radius 2 is 1.95 bits per heavy atom. The van der Waals surface area contributed by atoms with Crippen molar-refractivity contribution in [2.24, 2.45) is 0 Å². The van der Waals surface area contributed by atoms with Crippen molar-refractivity contribution < 1.29 is 13.9 Å². The van der Waals surface area contributed by atoms with Gasteiger partial charge in [0.2, 0.25) is 5.95 Å². The number of carbonyl (C=O) groups is 1. The average Bonchev–Trinajstić information content (AvgIpc) is 2.40. The van der Waals surface area contributed by atoms with Crippen LogP contribution in [0.4, 0.5) is 10.1 Å². The molecule has 4 nitrogen and oxygen atoms in total. The van der Waals surface area contributed by atoms with Crippen LogP contribution in [-0.2, 0) is 0 Å². The van der Waals surface area contributed by atoms with Crippen LogP contribution in [0.25, 0.3) is 0 Å². The van der Waals surface area contributed by atoms with E-state index in [0.29, 0.717) is 5.69 Å². The summed E-state index contributed by atoms with van der Waals surface area (Å²) in [5, 5.41) is 2.68. The minimum absolute atomic E-state index is 0.0928. The zero-order valence-corrected chi connectivity index (χ0v) is 11.3. The number of pyridine rings is 1. The Morgan fingerprint density at radius 3 is 2.55 bits per heavy atom. The molecule has 1 heterocycles. The number of amides is 1. The van der Waals surface area contributed by atoms with Crippen molar-refractivity contribution in [2.75, 3.05) is 5.32 Å². The molecular formula is C15H15FN2O2. The molecule has 0 aliphatic carbocycles. The zero-order valence-electron chi connectivity index (χ0n) is 11.3. The Morgan fingerprint density at radius 1 is 1.25 bits per heavy atom. The zero-order chi connectivity index (χ0) is 14.5. The van der Waals surface area contributed by atoms with Crippen LogP contribution in [0.3, 0.4) is 0 Å². The van der Waals surface area contributed by atoms with Crippen molar-refractivity contribution in [1.82, 2.24) is 4.98 Å². The van der Waals surface area contributed by atoms with Crippen LogP contribution in [0.2, 0.25) is 0 Å². The maximum atomic E-state index is 12.9. The largest absolute Gasteiger partial charge is 0.491 e. The van der Waals surface area contributed by atoms with Gasteiger partial charge in [0, 0.05) is 23.5 Å². The first-order valence-electron chi connectivity index (χ1n) is 6.24. The number of anilines is 1. The van der Waals surface area contributed by atoms with E-state index in [2.05, 4.69) is 10.3 Å². The third-order valence-corrected chi connectivity index (χ3v) is 2.47. The number of hydrogen-bond acceptors (Lipinski definition) is 3. The number of carbonyl (C=O) groups excluding carboxylic acids is 1. The molecular weight excluding hydrogens is 259 g/mol. The van der Waals surface area contributed by atoms with Crippen LogP contribution < -0.4 is 10.1 Å². The predicted molar refractivity (Wildman–Crippen MR) is 74.4 cm³/mol. The van der Waals surface area contributed by atoms with Crippen molar-refractivity contribution in [3.63, 3.8) is 0 Å². The summed E-state index contributed by atoms with van der Waals surface area (Å²) in [7, 11) is 0. The topological polar surface area (TPSA) is 51.2 Å². The summed E-state index contributed by atoms with van der Waals surface area (Å²) in [5.41, 5.74) is 0.836. The highest BCUT2D eigenvalue weighted by atomic mass is 19.1. The lowest BCUT2D eigenvalue weighted by Gasteiger charge is -2.10. The smallest absolute Gasteiger partial charge is 0.255 e. The molecule has 2 aromatic rings. The van der Waals surface area contributed by atoms with E-state index in [9.17, 15) is 9.18 Å². The Balaban J connectivity index is 2.04. The van der Waals surface area contributed by atoms with E-state index in [0.717, 1.165) is 11.8 Å². The monoisotopic (exact) mass is 274 g/mol. The van der Waals surface area contributed by atoms with E-state index in [1.807, 2.05) is 13.8 Å². The molecule has 1 amide bonds. The Kier molecular flexibility index (Phi) is 4.30. The van der Waals surface area contributed by atoms with E-state index in [4.69, 9.17) is 4.74 Å². The Bertz CT molecular complexity index is 597. The molecule has 1 aromatic heterocycles. The minimum atomic E-state index is -0.682. The average molecular weight is 274 g/mol. The molecule has 2 rings (SSSR count). The molecule has 0 saturated heterocycles. The molecule has 0 unspecified atom stereocenters. The van der Waals surface area contributed by atoms with Gasteiger partial charge in [-0.25, -0.2) is 4.98 Å². The second-order valence-electron chi connectivity index (χ2n) is 4.51. The normalized spacial score (nSPS) is 10.4. The molecule has 20 heavy (non-hydrogen) atoms. The molecule has 1 N–H and O–H groups in total. The van der Waals surface area contributed by atoms with Gasteiger partial charge < -0.3 is 10.1 Å². The number of nitrogens with one attached hydrogen (secondary N) is 1. The molecule has 0 fully saturated rings. The second-order valence-corrected chi connectivity index (χ2v) is 4.51. The molecule has 0 bridgehead atoms. The number of rotatable bonds is 4. The highest BCUT2D eigenvalue weighted by Gasteiger charge is 2.07. The van der Waals surface area contributed by atoms with Gasteiger partial charge in [-0.2, -0.15) is 4.39 Å². The summed E-state index contributed by atoms with van der Waals surface area (Å²) in [6, 6.07) is 9.53. The van der Waals surface area contributed by atoms with Gasteiger partial charge in [0.1, 0.15) is 5.75 Å². The van der Waals surface area contributed by atoms with Crippen molar-refractivity contribution in [3.8, 4) is 5.75 Å². The van der Waals surface area contributed by atoms with Crippen molar-refractivity contribution in [3.05, 3.63) is 54.1 Å². The van der Waals surface area contributed by atoms with Crippen LogP contribution in [0.1, 0.15) is 24.2 Å². The first kappa shape index (κ1) is 14.0. The number of benzene rings is 1. The summed E-state index contributed by atoms with van der Waals surface area (Å²) in [6.07, 6.45) is 1.35. The third kappa shape index (κ3) is 3.78. The maximum Gasteiger partial charge on any atom is 0.255 e. The van der Waals surface area contributed by atoms with Gasteiger partial charge in [-0.3, -0.25) is 4.79 Å². The van der Waals surface area contributed by atoms with Gasteiger partial charge in [-0.05, 0) is 44.2 Å². The van der Waals surface area contributed by atoms with E-state index in [1.54, 1.807) is 24.3 Å². The molecule has 0 saturated carbocycles. The molecule has 0 spiro atoms. The summed E-state index contributed by atoms with van der Waals surface area (Å²) < 4.78 is 18.4. The molecule has 5 heteroatoms. The number of halogens is 1. The molecule has 0 aliphatic heterocycles. The summed E-state index contributed by atoms with van der Waals surface area (Å²) in [5.74, 6) is -0.338. The minimum Gasteiger partial charge on any atom is -0.491 e. The van der Waals surface area contributed by atoms with E-state index in [-0.39, 0.29) is 17.6 Å². The lowest BCUT2D eigenvalue weighted by atomic mass is 10.2. The van der Waals surface area contributed by atoms with Crippen LogP contribution in [0.5, 0.6) is 5.75 Å². The lowest BCUT2D eigenvalue weighted by Crippen LogP contribution is -2.12. The molecule has 104 valence electrons. The van der Waals surface area contributed by atoms with Crippen LogP contribution >= 0.6 is 0 Å². The summed E-state index contributed by atoms with van der Waals surface area (Å²) in [4.78, 5) is 15.3. The third-order valence-electron chi connectivity index (χ3n) is 2.47. The van der Waals surface area contributed by atoms with Crippen LogP contribution in [-0.4, -0.2) is 17.0 Å². The lowest BCUT2D eigenvalue weighted by molar-refractivity contribution is 0.102. The molecule has 0 aliphatic rings. The molecule has 0 radical (unpaired) electrons. The van der Waals surface area contributed by atoms with Gasteiger partial charge in [0.25, 0.3) is 5.91 Å². The number of nitrogens with zero attached hydrogens (tertiary/aromatic N) is 1. The van der Waals surface area contributed by atoms with Gasteiger partial charge in [-0.15, -0.1) is 0 Å². The predicted octanol–water partition coefficient (Wildman–Crippen LogP) is 3.26. The number of aromatic nitrogens is 1. The maximum absolute atomic E-state index is 12.9.